The van der Waals surface area contributed by atoms with Crippen LogP contribution in [0.5, 0.6) is 0 Å². The van der Waals surface area contributed by atoms with E-state index in [1.807, 2.05) is 31.2 Å². The summed E-state index contributed by atoms with van der Waals surface area (Å²) < 4.78 is 12.8. The summed E-state index contributed by atoms with van der Waals surface area (Å²) in [4.78, 5) is 11.8. The van der Waals surface area contributed by atoms with Gasteiger partial charge in [0.2, 0.25) is 5.91 Å². The van der Waals surface area contributed by atoms with Crippen molar-refractivity contribution < 1.29 is 14.3 Å². The van der Waals surface area contributed by atoms with Crippen LogP contribution in [0.2, 0.25) is 0 Å². The molecular formula is C17H18FNO2. The zero-order chi connectivity index (χ0) is 15.2. The van der Waals surface area contributed by atoms with Gasteiger partial charge < -0.3 is 10.4 Å². The van der Waals surface area contributed by atoms with Gasteiger partial charge >= 0.3 is 0 Å². The Morgan fingerprint density at radius 1 is 1.24 bits per heavy atom. The van der Waals surface area contributed by atoms with Crippen LogP contribution in [-0.2, 0) is 11.2 Å². The van der Waals surface area contributed by atoms with Crippen molar-refractivity contribution in [3.8, 4) is 0 Å². The molecule has 110 valence electrons. The molecule has 0 aliphatic carbocycles. The highest BCUT2D eigenvalue weighted by Gasteiger charge is 2.10. The van der Waals surface area contributed by atoms with Crippen molar-refractivity contribution in [2.24, 2.45) is 0 Å². The van der Waals surface area contributed by atoms with E-state index in [0.717, 1.165) is 11.1 Å². The number of aliphatic hydroxyl groups is 1. The van der Waals surface area contributed by atoms with E-state index in [9.17, 15) is 14.3 Å². The van der Waals surface area contributed by atoms with E-state index in [-0.39, 0.29) is 24.7 Å². The Kier molecular flexibility index (Phi) is 5.06. The fourth-order valence-corrected chi connectivity index (χ4v) is 2.08. The van der Waals surface area contributed by atoms with Crippen LogP contribution in [0.1, 0.15) is 22.8 Å². The molecule has 1 amide bonds. The molecule has 0 heterocycles. The largest absolute Gasteiger partial charge is 0.387 e. The molecule has 1 unspecified atom stereocenters. The maximum atomic E-state index is 12.8. The Balaban J connectivity index is 1.84. The van der Waals surface area contributed by atoms with Crippen LogP contribution in [-0.4, -0.2) is 17.6 Å². The summed E-state index contributed by atoms with van der Waals surface area (Å²) in [6.07, 6.45) is -0.565. The van der Waals surface area contributed by atoms with Crippen molar-refractivity contribution in [1.29, 1.82) is 0 Å². The van der Waals surface area contributed by atoms with Crippen molar-refractivity contribution in [3.63, 3.8) is 0 Å². The average Bonchev–Trinajstić information content (AvgIpc) is 2.45. The summed E-state index contributed by atoms with van der Waals surface area (Å²) in [5.74, 6) is -0.504. The quantitative estimate of drug-likeness (QED) is 0.888. The fourth-order valence-electron chi connectivity index (χ4n) is 2.08. The molecule has 0 radical (unpaired) electrons. The van der Waals surface area contributed by atoms with E-state index in [4.69, 9.17) is 0 Å². The molecule has 0 saturated carbocycles. The van der Waals surface area contributed by atoms with Gasteiger partial charge in [-0.25, -0.2) is 4.39 Å². The average molecular weight is 287 g/mol. The lowest BCUT2D eigenvalue weighted by atomic mass is 10.1. The number of carbonyl (C=O) groups excluding carboxylic acids is 1. The van der Waals surface area contributed by atoms with Gasteiger partial charge in [0.15, 0.2) is 0 Å². The first-order valence-corrected chi connectivity index (χ1v) is 6.80. The number of nitrogens with one attached hydrogen (secondary N) is 1. The van der Waals surface area contributed by atoms with Crippen molar-refractivity contribution in [1.82, 2.24) is 5.32 Å². The summed E-state index contributed by atoms with van der Waals surface area (Å²) in [5.41, 5.74) is 2.61. The Hall–Kier alpha value is -2.20. The number of rotatable bonds is 5. The molecule has 0 saturated heterocycles. The smallest absolute Gasteiger partial charge is 0.224 e. The van der Waals surface area contributed by atoms with E-state index in [1.54, 1.807) is 0 Å². The summed E-state index contributed by atoms with van der Waals surface area (Å²) in [6, 6.07) is 13.3. The summed E-state index contributed by atoms with van der Waals surface area (Å²) in [6.45, 7) is 2.08. The third kappa shape index (κ3) is 4.68. The number of carbonyl (C=O) groups is 1. The van der Waals surface area contributed by atoms with E-state index in [0.29, 0.717) is 5.56 Å². The first-order chi connectivity index (χ1) is 10.0. The zero-order valence-corrected chi connectivity index (χ0v) is 11.8. The summed E-state index contributed by atoms with van der Waals surface area (Å²) >= 11 is 0. The SMILES string of the molecule is Cc1cccc(CC(=O)NCC(O)c2ccc(F)cc2)c1. The molecular weight excluding hydrogens is 269 g/mol. The molecule has 2 N–H and O–H groups in total. The van der Waals surface area contributed by atoms with Crippen molar-refractivity contribution >= 4 is 5.91 Å². The molecule has 0 aliphatic rings. The predicted octanol–water partition coefficient (Wildman–Crippen LogP) is 2.53. The van der Waals surface area contributed by atoms with Crippen LogP contribution in [0.15, 0.2) is 48.5 Å². The molecule has 21 heavy (non-hydrogen) atoms. The number of halogens is 1. The monoisotopic (exact) mass is 287 g/mol. The highest BCUT2D eigenvalue weighted by Crippen LogP contribution is 2.12. The normalized spacial score (nSPS) is 12.0. The van der Waals surface area contributed by atoms with Crippen LogP contribution in [0, 0.1) is 12.7 Å². The first-order valence-electron chi connectivity index (χ1n) is 6.80. The topological polar surface area (TPSA) is 49.3 Å². The molecule has 2 aromatic carbocycles. The highest BCUT2D eigenvalue weighted by atomic mass is 19.1. The molecule has 3 nitrogen and oxygen atoms in total. The highest BCUT2D eigenvalue weighted by molar-refractivity contribution is 5.78. The second-order valence-electron chi connectivity index (χ2n) is 5.04. The third-order valence-electron chi connectivity index (χ3n) is 3.19. The minimum Gasteiger partial charge on any atom is -0.387 e. The second-order valence-corrected chi connectivity index (χ2v) is 5.04. The van der Waals surface area contributed by atoms with Crippen LogP contribution in [0.3, 0.4) is 0 Å². The number of aliphatic hydroxyl groups excluding tert-OH is 1. The summed E-state index contributed by atoms with van der Waals surface area (Å²) in [5, 5.41) is 12.6. The Morgan fingerprint density at radius 2 is 1.95 bits per heavy atom. The van der Waals surface area contributed by atoms with Crippen LogP contribution >= 0.6 is 0 Å². The lowest BCUT2D eigenvalue weighted by Crippen LogP contribution is -2.29. The molecule has 2 rings (SSSR count). The Morgan fingerprint density at radius 3 is 2.62 bits per heavy atom. The standard InChI is InChI=1S/C17H18FNO2/c1-12-3-2-4-13(9-12)10-17(21)19-11-16(20)14-5-7-15(18)8-6-14/h2-9,16,20H,10-11H2,1H3,(H,19,21). The molecule has 0 fully saturated rings. The molecule has 0 aromatic heterocycles. The van der Waals surface area contributed by atoms with Gasteiger partial charge in [0.1, 0.15) is 5.82 Å². The molecule has 2 aromatic rings. The lowest BCUT2D eigenvalue weighted by molar-refractivity contribution is -0.120. The van der Waals surface area contributed by atoms with Crippen LogP contribution < -0.4 is 5.32 Å². The minimum atomic E-state index is -0.841. The minimum absolute atomic E-state index is 0.107. The fraction of sp³-hybridized carbons (Fsp3) is 0.235. The van der Waals surface area contributed by atoms with E-state index in [2.05, 4.69) is 5.32 Å². The van der Waals surface area contributed by atoms with Gasteiger partial charge in [0.05, 0.1) is 12.5 Å². The zero-order valence-electron chi connectivity index (χ0n) is 11.8. The summed E-state index contributed by atoms with van der Waals surface area (Å²) in [7, 11) is 0. The van der Waals surface area contributed by atoms with Crippen LogP contribution in [0.4, 0.5) is 4.39 Å². The van der Waals surface area contributed by atoms with Gasteiger partial charge in [-0.2, -0.15) is 0 Å². The van der Waals surface area contributed by atoms with Gasteiger partial charge in [-0.15, -0.1) is 0 Å². The maximum Gasteiger partial charge on any atom is 0.224 e. The van der Waals surface area contributed by atoms with Crippen molar-refractivity contribution in [2.75, 3.05) is 6.54 Å². The predicted molar refractivity (Wildman–Crippen MR) is 79.3 cm³/mol. The molecule has 4 heteroatoms. The second kappa shape index (κ2) is 6.99. The third-order valence-corrected chi connectivity index (χ3v) is 3.19. The van der Waals surface area contributed by atoms with Gasteiger partial charge in [0.25, 0.3) is 0 Å². The maximum absolute atomic E-state index is 12.8. The van der Waals surface area contributed by atoms with Crippen LogP contribution in [0.25, 0.3) is 0 Å². The molecule has 0 aliphatic heterocycles. The van der Waals surface area contributed by atoms with Crippen molar-refractivity contribution in [2.45, 2.75) is 19.4 Å². The molecule has 0 spiro atoms. The van der Waals surface area contributed by atoms with Gasteiger partial charge in [0, 0.05) is 6.54 Å². The molecule has 0 bridgehead atoms. The number of benzene rings is 2. The van der Waals surface area contributed by atoms with E-state index < -0.39 is 6.10 Å². The van der Waals surface area contributed by atoms with Gasteiger partial charge in [-0.05, 0) is 30.2 Å². The Bertz CT molecular complexity index is 610. The lowest BCUT2D eigenvalue weighted by Gasteiger charge is -2.12. The first kappa shape index (κ1) is 15.2. The number of aryl methyl sites for hydroxylation is 1. The number of amides is 1. The van der Waals surface area contributed by atoms with Crippen molar-refractivity contribution in [3.05, 3.63) is 71.0 Å². The number of hydrogen-bond acceptors (Lipinski definition) is 2. The van der Waals surface area contributed by atoms with Gasteiger partial charge in [-0.1, -0.05) is 42.0 Å². The molecule has 1 atom stereocenters. The van der Waals surface area contributed by atoms with E-state index >= 15 is 0 Å². The van der Waals surface area contributed by atoms with E-state index in [1.165, 1.54) is 24.3 Å². The number of hydrogen-bond donors (Lipinski definition) is 2. The van der Waals surface area contributed by atoms with Gasteiger partial charge in [-0.3, -0.25) is 4.79 Å². The Labute approximate surface area is 123 Å².